The second-order valence-corrected chi connectivity index (χ2v) is 14.4. The van der Waals surface area contributed by atoms with E-state index in [0.29, 0.717) is 12.3 Å². The van der Waals surface area contributed by atoms with Crippen LogP contribution in [0.1, 0.15) is 34.4 Å². The number of hydrogen-bond acceptors (Lipinski definition) is 1. The van der Waals surface area contributed by atoms with E-state index in [2.05, 4.69) is 173 Å². The number of allylic oxidation sites excluding steroid dienone is 2. The highest BCUT2D eigenvalue weighted by molar-refractivity contribution is 6.09. The van der Waals surface area contributed by atoms with Gasteiger partial charge in [0.25, 0.3) is 0 Å². The van der Waals surface area contributed by atoms with Gasteiger partial charge in [-0.2, -0.15) is 0 Å². The maximum Gasteiger partial charge on any atom is 0.131 e. The molecule has 4 nitrogen and oxygen atoms in total. The zero-order chi connectivity index (χ0) is 37.4. The minimum atomic E-state index is 0.476. The van der Waals surface area contributed by atoms with Crippen molar-refractivity contribution in [3.05, 3.63) is 216 Å². The lowest BCUT2D eigenvalue weighted by Gasteiger charge is -2.18. The molecule has 0 fully saturated rings. The molecular formula is C52H40N4. The lowest BCUT2D eigenvalue weighted by Crippen LogP contribution is -2.13. The molecule has 0 saturated carbocycles. The molecular weight excluding hydrogens is 681 g/mol. The van der Waals surface area contributed by atoms with Crippen molar-refractivity contribution in [1.82, 2.24) is 9.13 Å². The Morgan fingerprint density at radius 2 is 1.14 bits per heavy atom. The highest BCUT2D eigenvalue weighted by atomic mass is 15.0. The van der Waals surface area contributed by atoms with Crippen molar-refractivity contribution in [2.45, 2.75) is 19.3 Å². The standard InChI is InChI=1S/C52H40N4/c53-52(38-20-5-2-6-21-38)54-47(32-31-37-19-7-8-22-42(37)36-17-3-1-4-18-36)39-33-40(55-48-27-13-9-23-43(48)44-24-10-14-28-49(44)55)35-41(34-39)56-50-29-15-11-25-45(50)46-26-12-16-30-51(46)56/h1-11,13-25,27-30,32-35H,12,26,31H2,(H2,53,54)/b47-32-. The molecule has 0 bridgehead atoms. The summed E-state index contributed by atoms with van der Waals surface area (Å²) >= 11 is 0. The fourth-order valence-electron chi connectivity index (χ4n) is 8.50. The highest BCUT2D eigenvalue weighted by Gasteiger charge is 2.21. The summed E-state index contributed by atoms with van der Waals surface area (Å²) in [6.07, 6.45) is 9.58. The molecule has 10 rings (SSSR count). The van der Waals surface area contributed by atoms with E-state index < -0.39 is 0 Å². The summed E-state index contributed by atoms with van der Waals surface area (Å²) < 4.78 is 4.84. The number of fused-ring (bicyclic) bond motifs is 6. The zero-order valence-electron chi connectivity index (χ0n) is 31.0. The molecule has 0 atom stereocenters. The molecule has 2 aromatic heterocycles. The van der Waals surface area contributed by atoms with Crippen molar-refractivity contribution < 1.29 is 0 Å². The highest BCUT2D eigenvalue weighted by Crippen LogP contribution is 2.38. The molecule has 2 heterocycles. The van der Waals surface area contributed by atoms with Crippen molar-refractivity contribution >= 4 is 50.3 Å². The van der Waals surface area contributed by atoms with E-state index in [1.54, 1.807) is 0 Å². The summed E-state index contributed by atoms with van der Waals surface area (Å²) in [5, 5.41) is 3.75. The molecule has 2 N–H and O–H groups in total. The number of amidine groups is 1. The van der Waals surface area contributed by atoms with Crippen LogP contribution < -0.4 is 5.73 Å². The summed E-state index contributed by atoms with van der Waals surface area (Å²) in [6, 6.07) is 62.4. The number of benzene rings is 7. The van der Waals surface area contributed by atoms with E-state index in [0.717, 1.165) is 52.1 Å². The fraction of sp³-hybridized carbons (Fsp3) is 0.0577. The first-order chi connectivity index (χ1) is 27.7. The Balaban J connectivity index is 1.25. The predicted molar refractivity (Wildman–Crippen MR) is 236 cm³/mol. The van der Waals surface area contributed by atoms with Crippen molar-refractivity contribution in [3.63, 3.8) is 0 Å². The number of aromatic nitrogens is 2. The van der Waals surface area contributed by atoms with Gasteiger partial charge < -0.3 is 14.9 Å². The first kappa shape index (κ1) is 33.4. The smallest absolute Gasteiger partial charge is 0.131 e. The largest absolute Gasteiger partial charge is 0.383 e. The van der Waals surface area contributed by atoms with Crippen LogP contribution in [-0.4, -0.2) is 15.0 Å². The number of para-hydroxylation sites is 3. The first-order valence-corrected chi connectivity index (χ1v) is 19.4. The van der Waals surface area contributed by atoms with Gasteiger partial charge in [0.05, 0.1) is 22.2 Å². The van der Waals surface area contributed by atoms with Crippen molar-refractivity contribution in [2.75, 3.05) is 0 Å². The Morgan fingerprint density at radius 1 is 0.571 bits per heavy atom. The Labute approximate surface area is 326 Å². The maximum atomic E-state index is 6.89. The molecule has 0 spiro atoms. The van der Waals surface area contributed by atoms with E-state index in [4.69, 9.17) is 10.7 Å². The van der Waals surface area contributed by atoms with Gasteiger partial charge in [-0.3, -0.25) is 0 Å². The van der Waals surface area contributed by atoms with E-state index in [1.165, 1.54) is 49.6 Å². The molecule has 4 heteroatoms. The first-order valence-electron chi connectivity index (χ1n) is 19.4. The molecule has 268 valence electrons. The van der Waals surface area contributed by atoms with Crippen LogP contribution in [0.4, 0.5) is 0 Å². The number of aliphatic imine (C=N–C) groups is 1. The van der Waals surface area contributed by atoms with Gasteiger partial charge in [-0.15, -0.1) is 0 Å². The number of hydrogen-bond donors (Lipinski definition) is 1. The average molecular weight is 721 g/mol. The monoisotopic (exact) mass is 720 g/mol. The third-order valence-electron chi connectivity index (χ3n) is 11.1. The minimum Gasteiger partial charge on any atom is -0.383 e. The zero-order valence-corrected chi connectivity index (χ0v) is 31.0. The Hall–Kier alpha value is -7.17. The van der Waals surface area contributed by atoms with Gasteiger partial charge in [0.1, 0.15) is 5.84 Å². The molecule has 0 unspecified atom stereocenters. The molecule has 0 saturated heterocycles. The Kier molecular flexibility index (Phi) is 8.49. The second-order valence-electron chi connectivity index (χ2n) is 14.4. The lowest BCUT2D eigenvalue weighted by atomic mass is 9.97. The van der Waals surface area contributed by atoms with Gasteiger partial charge in [0, 0.05) is 44.4 Å². The third kappa shape index (κ3) is 5.93. The molecule has 9 aromatic rings. The molecule has 56 heavy (non-hydrogen) atoms. The average Bonchev–Trinajstić information content (AvgIpc) is 3.79. The number of rotatable bonds is 8. The molecule has 1 aliphatic rings. The third-order valence-corrected chi connectivity index (χ3v) is 11.1. The maximum absolute atomic E-state index is 6.89. The molecule has 7 aromatic carbocycles. The fourth-order valence-corrected chi connectivity index (χ4v) is 8.50. The Bertz CT molecular complexity index is 2940. The molecule has 1 aliphatic carbocycles. The molecule has 0 amide bonds. The van der Waals surface area contributed by atoms with E-state index in [1.807, 2.05) is 30.3 Å². The van der Waals surface area contributed by atoms with Crippen LogP contribution in [0.3, 0.4) is 0 Å². The predicted octanol–water partition coefficient (Wildman–Crippen LogP) is 12.3. The Morgan fingerprint density at radius 3 is 1.86 bits per heavy atom. The van der Waals surface area contributed by atoms with Crippen molar-refractivity contribution in [1.29, 1.82) is 0 Å². The lowest BCUT2D eigenvalue weighted by molar-refractivity contribution is 0.966. The topological polar surface area (TPSA) is 48.2 Å². The summed E-state index contributed by atoms with van der Waals surface area (Å²) in [4.78, 5) is 5.28. The normalized spacial score (nSPS) is 13.1. The SMILES string of the molecule is N/C(=N\C(=C/Cc1ccccc1-c1ccccc1)c1cc(-n2c3c(c4ccccc42)CCC=C3)cc(-n2c3ccccc3c3ccccc32)c1)c1ccccc1. The van der Waals surface area contributed by atoms with Crippen LogP contribution in [0.25, 0.3) is 67.0 Å². The van der Waals surface area contributed by atoms with Crippen LogP contribution in [-0.2, 0) is 12.8 Å². The van der Waals surface area contributed by atoms with Gasteiger partial charge in [-0.25, -0.2) is 4.99 Å². The quantitative estimate of drug-likeness (QED) is 0.123. The summed E-state index contributed by atoms with van der Waals surface area (Å²) in [6.45, 7) is 0. The van der Waals surface area contributed by atoms with Gasteiger partial charge in [-0.1, -0.05) is 152 Å². The summed E-state index contributed by atoms with van der Waals surface area (Å²) in [5.41, 5.74) is 21.5. The van der Waals surface area contributed by atoms with Crippen LogP contribution in [0.2, 0.25) is 0 Å². The van der Waals surface area contributed by atoms with Gasteiger partial charge in [0.2, 0.25) is 0 Å². The van der Waals surface area contributed by atoms with Crippen LogP contribution in [0.15, 0.2) is 193 Å². The second kappa shape index (κ2) is 14.2. The van der Waals surface area contributed by atoms with Crippen molar-refractivity contribution in [3.8, 4) is 22.5 Å². The van der Waals surface area contributed by atoms with E-state index in [-0.39, 0.29) is 0 Å². The van der Waals surface area contributed by atoms with Crippen LogP contribution in [0, 0.1) is 0 Å². The van der Waals surface area contributed by atoms with E-state index >= 15 is 0 Å². The summed E-state index contributed by atoms with van der Waals surface area (Å²) in [7, 11) is 0. The summed E-state index contributed by atoms with van der Waals surface area (Å²) in [5.74, 6) is 0.476. The van der Waals surface area contributed by atoms with Crippen molar-refractivity contribution in [2.24, 2.45) is 10.7 Å². The number of nitrogens with zero attached hydrogens (tertiary/aromatic N) is 3. The molecule has 0 radical (unpaired) electrons. The van der Waals surface area contributed by atoms with Gasteiger partial charge >= 0.3 is 0 Å². The van der Waals surface area contributed by atoms with Gasteiger partial charge in [-0.05, 0) is 84.0 Å². The minimum absolute atomic E-state index is 0.476. The van der Waals surface area contributed by atoms with Crippen LogP contribution >= 0.6 is 0 Å². The van der Waals surface area contributed by atoms with Gasteiger partial charge in [0.15, 0.2) is 0 Å². The number of nitrogens with two attached hydrogens (primary N) is 1. The number of aryl methyl sites for hydroxylation is 1. The van der Waals surface area contributed by atoms with E-state index in [9.17, 15) is 0 Å². The van der Waals surface area contributed by atoms with Crippen LogP contribution in [0.5, 0.6) is 0 Å². The molecule has 0 aliphatic heterocycles.